The van der Waals surface area contributed by atoms with Crippen LogP contribution in [0.1, 0.15) is 35.1 Å². The highest BCUT2D eigenvalue weighted by Gasteiger charge is 2.26. The van der Waals surface area contributed by atoms with E-state index in [1.807, 2.05) is 0 Å². The highest BCUT2D eigenvalue weighted by Crippen LogP contribution is 2.38. The van der Waals surface area contributed by atoms with Crippen molar-refractivity contribution in [2.45, 2.75) is 50.0 Å². The molecule has 4 rings (SSSR count). The van der Waals surface area contributed by atoms with E-state index in [9.17, 15) is 13.8 Å². The van der Waals surface area contributed by atoms with E-state index in [2.05, 4.69) is 21.2 Å². The molecule has 1 atom stereocenters. The Labute approximate surface area is 175 Å². The fraction of sp³-hybridized carbons (Fsp3) is 0.450. The molecule has 30 heavy (non-hydrogen) atoms. The van der Waals surface area contributed by atoms with Crippen LogP contribution in [0.15, 0.2) is 23.4 Å². The molecular formula is C20H26N6O3S. The summed E-state index contributed by atoms with van der Waals surface area (Å²) in [4.78, 5) is 25.9. The summed E-state index contributed by atoms with van der Waals surface area (Å²) in [7, 11) is -0.357. The normalized spacial score (nSPS) is 16.5. The number of carbonyl (C=O) groups is 2. The second-order valence-corrected chi connectivity index (χ2v) is 9.80. The van der Waals surface area contributed by atoms with Gasteiger partial charge in [0, 0.05) is 26.0 Å². The number of amides is 3. The number of anilines is 1. The van der Waals surface area contributed by atoms with Crippen LogP contribution in [0.25, 0.3) is 0 Å². The van der Waals surface area contributed by atoms with Crippen LogP contribution < -0.4 is 10.0 Å². The van der Waals surface area contributed by atoms with Crippen molar-refractivity contribution in [1.82, 2.24) is 19.4 Å². The Kier molecular flexibility index (Phi) is 5.27. The van der Waals surface area contributed by atoms with E-state index < -0.39 is 15.9 Å². The van der Waals surface area contributed by atoms with E-state index in [1.165, 1.54) is 33.1 Å². The highest BCUT2D eigenvalue weighted by molar-refractivity contribution is 7.91. The number of fused-ring (bicyclic) bond motifs is 2. The maximum atomic E-state index is 12.8. The number of nitrogens with zero attached hydrogens (tertiary/aromatic N) is 3. The molecule has 3 amide bonds. The van der Waals surface area contributed by atoms with Gasteiger partial charge in [0.15, 0.2) is 9.92 Å². The zero-order chi connectivity index (χ0) is 21.5. The summed E-state index contributed by atoms with van der Waals surface area (Å²) < 4.78 is 24.6. The summed E-state index contributed by atoms with van der Waals surface area (Å²) >= 11 is 0. The lowest BCUT2D eigenvalue weighted by molar-refractivity contribution is -0.129. The van der Waals surface area contributed by atoms with Gasteiger partial charge in [-0.05, 0) is 60.8 Å². The Morgan fingerprint density at radius 1 is 1.17 bits per heavy atom. The molecule has 2 aliphatic rings. The maximum absolute atomic E-state index is 12.8. The number of benzene rings is 1. The Balaban J connectivity index is 1.50. The molecule has 0 aliphatic heterocycles. The summed E-state index contributed by atoms with van der Waals surface area (Å²) in [6, 6.07) is 1.60. The standard InChI is InChI=1S/C20H26N6O3S/c1-25(2)18(27)12-26-11-15(10-22-26)30(21,29)24-20(28)23-19-16-7-3-5-13(16)9-14-6-4-8-17(14)19/h9-11H,3-8,12H2,1-2H3,(H3,21,23,24,28,29). The van der Waals surface area contributed by atoms with E-state index in [0.29, 0.717) is 0 Å². The number of aromatic nitrogens is 2. The minimum Gasteiger partial charge on any atom is -0.347 e. The molecule has 0 radical (unpaired) electrons. The van der Waals surface area contributed by atoms with Gasteiger partial charge in [0.1, 0.15) is 11.4 Å². The van der Waals surface area contributed by atoms with Gasteiger partial charge in [-0.1, -0.05) is 6.07 Å². The molecule has 0 saturated carbocycles. The molecule has 1 aromatic carbocycles. The Morgan fingerprint density at radius 2 is 1.80 bits per heavy atom. The number of urea groups is 1. The van der Waals surface area contributed by atoms with Crippen LogP contribution in [0, 0.1) is 4.78 Å². The van der Waals surface area contributed by atoms with Crippen molar-refractivity contribution in [1.29, 1.82) is 4.78 Å². The Bertz CT molecular complexity index is 1090. The molecule has 1 unspecified atom stereocenters. The van der Waals surface area contributed by atoms with Gasteiger partial charge in [0.05, 0.1) is 6.20 Å². The molecule has 3 N–H and O–H groups in total. The van der Waals surface area contributed by atoms with Gasteiger partial charge in [0.25, 0.3) is 0 Å². The summed E-state index contributed by atoms with van der Waals surface area (Å²) in [6.45, 7) is -0.0307. The molecule has 1 aromatic heterocycles. The van der Waals surface area contributed by atoms with E-state index in [-0.39, 0.29) is 17.3 Å². The van der Waals surface area contributed by atoms with Crippen LogP contribution in [0.2, 0.25) is 0 Å². The first-order chi connectivity index (χ1) is 14.2. The van der Waals surface area contributed by atoms with Crippen molar-refractivity contribution in [3.8, 4) is 0 Å². The molecular weight excluding hydrogens is 404 g/mol. The first-order valence-electron chi connectivity index (χ1n) is 10.0. The number of nitrogens with one attached hydrogen (secondary N) is 3. The molecule has 0 saturated heterocycles. The molecule has 2 aromatic rings. The molecule has 9 nitrogen and oxygen atoms in total. The molecule has 10 heteroatoms. The van der Waals surface area contributed by atoms with Crippen LogP contribution in [-0.4, -0.2) is 44.9 Å². The summed E-state index contributed by atoms with van der Waals surface area (Å²) in [5, 5.41) is 6.87. The summed E-state index contributed by atoms with van der Waals surface area (Å²) in [5.41, 5.74) is 5.72. The van der Waals surface area contributed by atoms with Crippen LogP contribution in [0.3, 0.4) is 0 Å². The van der Waals surface area contributed by atoms with Crippen molar-refractivity contribution in [2.24, 2.45) is 0 Å². The van der Waals surface area contributed by atoms with Crippen LogP contribution >= 0.6 is 0 Å². The minimum atomic E-state index is -3.61. The first-order valence-corrected chi connectivity index (χ1v) is 11.6. The number of carbonyl (C=O) groups excluding carboxylic acids is 2. The van der Waals surface area contributed by atoms with Crippen molar-refractivity contribution in [3.05, 3.63) is 40.7 Å². The van der Waals surface area contributed by atoms with Crippen molar-refractivity contribution in [3.63, 3.8) is 0 Å². The smallest absolute Gasteiger partial charge is 0.331 e. The number of likely N-dealkylation sites (N-methyl/N-ethyl adjacent to an activating group) is 1. The third kappa shape index (κ3) is 3.91. The SMILES string of the molecule is CN(C)C(=O)Cn1cc(S(=N)(=O)NC(=O)Nc2c3c(cc4c2CCC4)CCC3)cn1. The van der Waals surface area contributed by atoms with Crippen molar-refractivity contribution in [2.75, 3.05) is 19.4 Å². The zero-order valence-corrected chi connectivity index (χ0v) is 18.0. The van der Waals surface area contributed by atoms with Crippen LogP contribution in [0.4, 0.5) is 10.5 Å². The van der Waals surface area contributed by atoms with Gasteiger partial charge < -0.3 is 10.2 Å². The topological polar surface area (TPSA) is 120 Å². The number of hydrogen-bond acceptors (Lipinski definition) is 5. The Hall–Kier alpha value is -2.88. The van der Waals surface area contributed by atoms with Crippen molar-refractivity contribution >= 4 is 27.5 Å². The van der Waals surface area contributed by atoms with Gasteiger partial charge in [-0.2, -0.15) is 5.10 Å². The van der Waals surface area contributed by atoms with E-state index in [1.54, 1.807) is 14.1 Å². The van der Waals surface area contributed by atoms with Gasteiger partial charge in [-0.3, -0.25) is 9.48 Å². The highest BCUT2D eigenvalue weighted by atomic mass is 32.2. The maximum Gasteiger partial charge on any atom is 0.331 e. The predicted molar refractivity (Wildman–Crippen MR) is 113 cm³/mol. The lowest BCUT2D eigenvalue weighted by Crippen LogP contribution is -2.34. The van der Waals surface area contributed by atoms with Gasteiger partial charge in [0.2, 0.25) is 5.91 Å². The number of aryl methyl sites for hydroxylation is 2. The third-order valence-corrected chi connectivity index (χ3v) is 7.03. The lowest BCUT2D eigenvalue weighted by atomic mass is 9.99. The molecule has 0 bridgehead atoms. The zero-order valence-electron chi connectivity index (χ0n) is 17.2. The van der Waals surface area contributed by atoms with Gasteiger partial charge in [-0.15, -0.1) is 0 Å². The molecule has 0 spiro atoms. The second-order valence-electron chi connectivity index (χ2n) is 8.01. The minimum absolute atomic E-state index is 0.0307. The van der Waals surface area contributed by atoms with Crippen molar-refractivity contribution < 1.29 is 13.8 Å². The van der Waals surface area contributed by atoms with E-state index in [0.717, 1.165) is 55.3 Å². The lowest BCUT2D eigenvalue weighted by Gasteiger charge is -2.17. The summed E-state index contributed by atoms with van der Waals surface area (Å²) in [5.74, 6) is -0.182. The van der Waals surface area contributed by atoms with Crippen LogP contribution in [0.5, 0.6) is 0 Å². The Morgan fingerprint density at radius 3 is 2.40 bits per heavy atom. The van der Waals surface area contributed by atoms with Crippen LogP contribution in [-0.2, 0) is 46.9 Å². The number of rotatable bonds is 5. The fourth-order valence-corrected chi connectivity index (χ4v) is 5.05. The molecule has 160 valence electrons. The van der Waals surface area contributed by atoms with Gasteiger partial charge >= 0.3 is 6.03 Å². The van der Waals surface area contributed by atoms with E-state index >= 15 is 0 Å². The number of hydrogen-bond donors (Lipinski definition) is 3. The first kappa shape index (κ1) is 20.4. The largest absolute Gasteiger partial charge is 0.347 e. The molecule has 1 heterocycles. The molecule has 2 aliphatic carbocycles. The monoisotopic (exact) mass is 430 g/mol. The summed E-state index contributed by atoms with van der Waals surface area (Å²) in [6.07, 6.45) is 8.59. The quantitative estimate of drug-likeness (QED) is 0.673. The predicted octanol–water partition coefficient (Wildman–Crippen LogP) is 2.09. The fourth-order valence-electron chi connectivity index (χ4n) is 4.16. The average Bonchev–Trinajstić information content (AvgIpc) is 3.41. The van der Waals surface area contributed by atoms with E-state index in [4.69, 9.17) is 4.78 Å². The van der Waals surface area contributed by atoms with Gasteiger partial charge in [-0.25, -0.2) is 18.5 Å². The average molecular weight is 431 g/mol. The second kappa shape index (κ2) is 7.75. The molecule has 0 fully saturated rings. The third-order valence-electron chi connectivity index (χ3n) is 5.69.